The first-order valence-corrected chi connectivity index (χ1v) is 9.98. The van der Waals surface area contributed by atoms with Crippen molar-refractivity contribution in [2.75, 3.05) is 31.1 Å². The third-order valence-corrected chi connectivity index (χ3v) is 6.67. The third kappa shape index (κ3) is 4.21. The maximum atomic E-state index is 12.6. The van der Waals surface area contributed by atoms with E-state index in [2.05, 4.69) is 17.3 Å². The topological polar surface area (TPSA) is 67.2 Å². The number of aryl methyl sites for hydroxylation is 1. The molecule has 1 N–H and O–H groups in total. The molecular weight excluding hydrogens is 308 g/mol. The fraction of sp³-hybridized carbons (Fsp3) is 0.769. The number of nitrogens with zero attached hydrogens (tertiary/aromatic N) is 3. The van der Waals surface area contributed by atoms with Gasteiger partial charge in [0.05, 0.1) is 6.20 Å². The van der Waals surface area contributed by atoms with Gasteiger partial charge in [-0.25, -0.2) is 8.42 Å². The SMILES string of the molecule is CCNCCCn1cc(S(=O)(=O)N2CCSCC2C)cn1. The highest BCUT2D eigenvalue weighted by atomic mass is 32.2. The number of hydrogen-bond acceptors (Lipinski definition) is 5. The van der Waals surface area contributed by atoms with E-state index < -0.39 is 10.0 Å². The predicted molar refractivity (Wildman–Crippen MR) is 86.1 cm³/mol. The largest absolute Gasteiger partial charge is 0.317 e. The lowest BCUT2D eigenvalue weighted by molar-refractivity contribution is 0.367. The van der Waals surface area contributed by atoms with Crippen molar-refractivity contribution in [3.8, 4) is 0 Å². The van der Waals surface area contributed by atoms with Crippen molar-refractivity contribution in [1.29, 1.82) is 0 Å². The molecule has 1 unspecified atom stereocenters. The monoisotopic (exact) mass is 332 g/mol. The molecule has 1 fully saturated rings. The van der Waals surface area contributed by atoms with Crippen LogP contribution in [0.4, 0.5) is 0 Å². The number of hydrogen-bond donors (Lipinski definition) is 1. The molecule has 0 spiro atoms. The van der Waals surface area contributed by atoms with Gasteiger partial charge >= 0.3 is 0 Å². The van der Waals surface area contributed by atoms with Gasteiger partial charge in [-0.1, -0.05) is 6.92 Å². The predicted octanol–water partition coefficient (Wildman–Crippen LogP) is 1.01. The van der Waals surface area contributed by atoms with E-state index in [0.717, 1.165) is 37.6 Å². The molecule has 1 saturated heterocycles. The van der Waals surface area contributed by atoms with Crippen molar-refractivity contribution in [2.24, 2.45) is 0 Å². The van der Waals surface area contributed by atoms with Crippen molar-refractivity contribution < 1.29 is 8.42 Å². The average molecular weight is 332 g/mol. The summed E-state index contributed by atoms with van der Waals surface area (Å²) < 4.78 is 28.6. The number of sulfonamides is 1. The van der Waals surface area contributed by atoms with Crippen LogP contribution in [0.25, 0.3) is 0 Å². The Kier molecular flexibility index (Phi) is 6.09. The van der Waals surface area contributed by atoms with Crippen LogP contribution in [0.1, 0.15) is 20.3 Å². The summed E-state index contributed by atoms with van der Waals surface area (Å²) in [5, 5.41) is 7.42. The molecule has 1 aliphatic heterocycles. The molecule has 0 amide bonds. The first kappa shape index (κ1) is 16.8. The Balaban J connectivity index is 2.02. The van der Waals surface area contributed by atoms with Gasteiger partial charge in [-0.2, -0.15) is 21.2 Å². The second kappa shape index (κ2) is 7.62. The summed E-state index contributed by atoms with van der Waals surface area (Å²) in [6.45, 7) is 7.21. The maximum Gasteiger partial charge on any atom is 0.246 e. The van der Waals surface area contributed by atoms with Crippen molar-refractivity contribution in [2.45, 2.75) is 37.8 Å². The molecule has 2 rings (SSSR count). The molecule has 1 aromatic rings. The molecular formula is C13H24N4O2S2. The molecule has 0 bridgehead atoms. The van der Waals surface area contributed by atoms with Gasteiger partial charge in [-0.05, 0) is 26.4 Å². The molecule has 6 nitrogen and oxygen atoms in total. The van der Waals surface area contributed by atoms with E-state index in [1.807, 2.05) is 6.92 Å². The molecule has 1 aliphatic rings. The first-order valence-electron chi connectivity index (χ1n) is 7.38. The molecule has 2 heterocycles. The summed E-state index contributed by atoms with van der Waals surface area (Å²) >= 11 is 1.81. The van der Waals surface area contributed by atoms with Crippen molar-refractivity contribution in [3.63, 3.8) is 0 Å². The maximum absolute atomic E-state index is 12.6. The van der Waals surface area contributed by atoms with Crippen LogP contribution < -0.4 is 5.32 Å². The Morgan fingerprint density at radius 3 is 3.05 bits per heavy atom. The Hall–Kier alpha value is -0.570. The highest BCUT2D eigenvalue weighted by Gasteiger charge is 2.32. The van der Waals surface area contributed by atoms with Gasteiger partial charge in [0, 0.05) is 36.8 Å². The molecule has 1 aromatic heterocycles. The number of rotatable bonds is 7. The minimum atomic E-state index is -3.40. The molecule has 0 aromatic carbocycles. The Labute approximate surface area is 131 Å². The quantitative estimate of drug-likeness (QED) is 0.755. The molecule has 8 heteroatoms. The lowest BCUT2D eigenvalue weighted by atomic mass is 10.4. The standard InChI is InChI=1S/C13H24N4O2S2/c1-3-14-5-4-6-16-10-13(9-15-16)21(18,19)17-7-8-20-11-12(17)2/h9-10,12,14H,3-8,11H2,1-2H3. The number of aromatic nitrogens is 2. The van der Waals surface area contributed by atoms with E-state index >= 15 is 0 Å². The zero-order chi connectivity index (χ0) is 15.3. The Bertz CT molecular complexity index is 544. The van der Waals surface area contributed by atoms with Crippen LogP contribution in [-0.2, 0) is 16.6 Å². The minimum Gasteiger partial charge on any atom is -0.317 e. The molecule has 1 atom stereocenters. The minimum absolute atomic E-state index is 0.0471. The Morgan fingerprint density at radius 1 is 1.52 bits per heavy atom. The Morgan fingerprint density at radius 2 is 2.33 bits per heavy atom. The third-order valence-electron chi connectivity index (χ3n) is 3.51. The molecule has 0 radical (unpaired) electrons. The van der Waals surface area contributed by atoms with Crippen LogP contribution >= 0.6 is 11.8 Å². The zero-order valence-corrected chi connectivity index (χ0v) is 14.3. The van der Waals surface area contributed by atoms with Crippen LogP contribution in [-0.4, -0.2) is 59.7 Å². The molecule has 0 saturated carbocycles. The van der Waals surface area contributed by atoms with Crippen LogP contribution in [0.5, 0.6) is 0 Å². The van der Waals surface area contributed by atoms with Crippen molar-refractivity contribution >= 4 is 21.8 Å². The molecule has 120 valence electrons. The zero-order valence-electron chi connectivity index (χ0n) is 12.7. The highest BCUT2D eigenvalue weighted by molar-refractivity contribution is 7.99. The van der Waals surface area contributed by atoms with Gasteiger partial charge in [0.2, 0.25) is 10.0 Å². The van der Waals surface area contributed by atoms with Crippen LogP contribution in [0.3, 0.4) is 0 Å². The normalized spacial score (nSPS) is 20.8. The molecule has 21 heavy (non-hydrogen) atoms. The van der Waals surface area contributed by atoms with Gasteiger partial charge in [-0.15, -0.1) is 0 Å². The van der Waals surface area contributed by atoms with E-state index in [9.17, 15) is 8.42 Å². The summed E-state index contributed by atoms with van der Waals surface area (Å²) in [5.41, 5.74) is 0. The van der Waals surface area contributed by atoms with E-state index in [1.54, 1.807) is 26.9 Å². The van der Waals surface area contributed by atoms with Gasteiger partial charge < -0.3 is 5.32 Å². The first-order chi connectivity index (χ1) is 10.1. The van der Waals surface area contributed by atoms with E-state index in [4.69, 9.17) is 0 Å². The fourth-order valence-electron chi connectivity index (χ4n) is 2.35. The summed E-state index contributed by atoms with van der Waals surface area (Å²) in [5.74, 6) is 1.72. The van der Waals surface area contributed by atoms with Gasteiger partial charge in [0.25, 0.3) is 0 Å². The van der Waals surface area contributed by atoms with E-state index in [-0.39, 0.29) is 6.04 Å². The fourth-order valence-corrected chi connectivity index (χ4v) is 5.16. The molecule has 0 aliphatic carbocycles. The summed E-state index contributed by atoms with van der Waals surface area (Å²) in [4.78, 5) is 0.310. The van der Waals surface area contributed by atoms with Gasteiger partial charge in [0.1, 0.15) is 4.90 Å². The summed E-state index contributed by atoms with van der Waals surface area (Å²) in [6, 6.07) is 0.0471. The number of nitrogens with one attached hydrogen (secondary N) is 1. The van der Waals surface area contributed by atoms with E-state index in [0.29, 0.717) is 11.4 Å². The van der Waals surface area contributed by atoms with Crippen LogP contribution in [0, 0.1) is 0 Å². The van der Waals surface area contributed by atoms with E-state index in [1.165, 1.54) is 6.20 Å². The van der Waals surface area contributed by atoms with Crippen molar-refractivity contribution in [3.05, 3.63) is 12.4 Å². The summed E-state index contributed by atoms with van der Waals surface area (Å²) in [6.07, 6.45) is 4.05. The summed E-state index contributed by atoms with van der Waals surface area (Å²) in [7, 11) is -3.40. The average Bonchev–Trinajstić information content (AvgIpc) is 2.93. The van der Waals surface area contributed by atoms with Crippen molar-refractivity contribution in [1.82, 2.24) is 19.4 Å². The highest BCUT2D eigenvalue weighted by Crippen LogP contribution is 2.24. The van der Waals surface area contributed by atoms with Crippen LogP contribution in [0.15, 0.2) is 17.3 Å². The lowest BCUT2D eigenvalue weighted by Crippen LogP contribution is -2.44. The van der Waals surface area contributed by atoms with Gasteiger partial charge in [-0.3, -0.25) is 4.68 Å². The van der Waals surface area contributed by atoms with Gasteiger partial charge in [0.15, 0.2) is 0 Å². The lowest BCUT2D eigenvalue weighted by Gasteiger charge is -2.31. The van der Waals surface area contributed by atoms with Crippen LogP contribution in [0.2, 0.25) is 0 Å². The second-order valence-electron chi connectivity index (χ2n) is 5.19. The smallest absolute Gasteiger partial charge is 0.246 e. The second-order valence-corrected chi connectivity index (χ2v) is 8.23. The number of thioether (sulfide) groups is 1.